The summed E-state index contributed by atoms with van der Waals surface area (Å²) in [5.74, 6) is 1.67. The van der Waals surface area contributed by atoms with Crippen LogP contribution in [0.4, 0.5) is 0 Å². The highest BCUT2D eigenvalue weighted by Crippen LogP contribution is 2.27. The van der Waals surface area contributed by atoms with Crippen LogP contribution in [-0.4, -0.2) is 20.3 Å². The SMILES string of the molecule is CC(C)Cn1ncnc1CNC1(C)CCCCC1. The molecule has 102 valence electrons. The third kappa shape index (κ3) is 3.55. The molecule has 0 bridgehead atoms. The topological polar surface area (TPSA) is 42.7 Å². The maximum absolute atomic E-state index is 4.37. The molecule has 18 heavy (non-hydrogen) atoms. The van der Waals surface area contributed by atoms with Crippen LogP contribution in [0.5, 0.6) is 0 Å². The van der Waals surface area contributed by atoms with Gasteiger partial charge in [0.25, 0.3) is 0 Å². The Morgan fingerprint density at radius 3 is 2.72 bits per heavy atom. The van der Waals surface area contributed by atoms with Crippen molar-refractivity contribution in [2.75, 3.05) is 0 Å². The average molecular weight is 250 g/mol. The van der Waals surface area contributed by atoms with Crippen LogP contribution in [0, 0.1) is 5.92 Å². The molecule has 1 aliphatic carbocycles. The molecule has 1 aliphatic rings. The molecule has 0 spiro atoms. The lowest BCUT2D eigenvalue weighted by Crippen LogP contribution is -2.43. The monoisotopic (exact) mass is 250 g/mol. The molecule has 0 radical (unpaired) electrons. The van der Waals surface area contributed by atoms with E-state index in [1.54, 1.807) is 6.33 Å². The minimum absolute atomic E-state index is 0.298. The van der Waals surface area contributed by atoms with Crippen molar-refractivity contribution in [1.82, 2.24) is 20.1 Å². The Hall–Kier alpha value is -0.900. The minimum atomic E-state index is 0.298. The fraction of sp³-hybridized carbons (Fsp3) is 0.857. The Morgan fingerprint density at radius 1 is 1.33 bits per heavy atom. The Morgan fingerprint density at radius 2 is 2.06 bits per heavy atom. The van der Waals surface area contributed by atoms with Gasteiger partial charge in [-0.3, -0.25) is 0 Å². The number of hydrogen-bond acceptors (Lipinski definition) is 3. The third-order valence-corrected chi connectivity index (χ3v) is 3.86. The first-order valence-electron chi connectivity index (χ1n) is 7.21. The van der Waals surface area contributed by atoms with E-state index in [2.05, 4.69) is 36.2 Å². The first-order valence-corrected chi connectivity index (χ1v) is 7.21. The van der Waals surface area contributed by atoms with Gasteiger partial charge >= 0.3 is 0 Å². The molecule has 1 heterocycles. The summed E-state index contributed by atoms with van der Waals surface area (Å²) in [7, 11) is 0. The van der Waals surface area contributed by atoms with Crippen molar-refractivity contribution < 1.29 is 0 Å². The molecule has 0 unspecified atom stereocenters. The Kier molecular flexibility index (Phi) is 4.38. The number of nitrogens with one attached hydrogen (secondary N) is 1. The van der Waals surface area contributed by atoms with Crippen molar-refractivity contribution in [2.45, 2.75) is 71.5 Å². The van der Waals surface area contributed by atoms with Crippen molar-refractivity contribution in [3.8, 4) is 0 Å². The van der Waals surface area contributed by atoms with Gasteiger partial charge in [-0.25, -0.2) is 9.67 Å². The van der Waals surface area contributed by atoms with Crippen molar-refractivity contribution in [3.05, 3.63) is 12.2 Å². The summed E-state index contributed by atoms with van der Waals surface area (Å²) in [6, 6.07) is 0. The predicted molar refractivity (Wildman–Crippen MR) is 73.2 cm³/mol. The van der Waals surface area contributed by atoms with E-state index >= 15 is 0 Å². The summed E-state index contributed by atoms with van der Waals surface area (Å²) < 4.78 is 2.03. The lowest BCUT2D eigenvalue weighted by molar-refractivity contribution is 0.248. The van der Waals surface area contributed by atoms with E-state index in [1.807, 2.05) is 4.68 Å². The minimum Gasteiger partial charge on any atom is -0.305 e. The molecule has 0 atom stereocenters. The standard InChI is InChI=1S/C14H26N4/c1-12(2)10-18-13(15-11-17-18)9-16-14(3)7-5-4-6-8-14/h11-12,16H,4-10H2,1-3H3. The highest BCUT2D eigenvalue weighted by Gasteiger charge is 2.26. The summed E-state index contributed by atoms with van der Waals surface area (Å²) in [5, 5.41) is 8.00. The number of aromatic nitrogens is 3. The molecule has 0 saturated heterocycles. The van der Waals surface area contributed by atoms with Gasteiger partial charge in [0.05, 0.1) is 6.54 Å². The van der Waals surface area contributed by atoms with Crippen LogP contribution < -0.4 is 5.32 Å². The van der Waals surface area contributed by atoms with Gasteiger partial charge in [-0.05, 0) is 25.7 Å². The van der Waals surface area contributed by atoms with E-state index in [-0.39, 0.29) is 0 Å². The van der Waals surface area contributed by atoms with Crippen LogP contribution in [0.2, 0.25) is 0 Å². The van der Waals surface area contributed by atoms with E-state index in [4.69, 9.17) is 0 Å². The van der Waals surface area contributed by atoms with E-state index in [0.29, 0.717) is 11.5 Å². The second-order valence-corrected chi connectivity index (χ2v) is 6.23. The zero-order valence-corrected chi connectivity index (χ0v) is 11.9. The van der Waals surface area contributed by atoms with E-state index < -0.39 is 0 Å². The average Bonchev–Trinajstić information content (AvgIpc) is 2.74. The van der Waals surface area contributed by atoms with Gasteiger partial charge in [-0.1, -0.05) is 33.1 Å². The predicted octanol–water partition coefficient (Wildman–Crippen LogP) is 2.75. The molecule has 0 aromatic carbocycles. The van der Waals surface area contributed by atoms with Crippen molar-refractivity contribution >= 4 is 0 Å². The molecule has 2 rings (SSSR count). The number of nitrogens with zero attached hydrogens (tertiary/aromatic N) is 3. The first kappa shape index (κ1) is 13.5. The lowest BCUT2D eigenvalue weighted by atomic mass is 9.83. The molecule has 1 fully saturated rings. The zero-order valence-electron chi connectivity index (χ0n) is 11.9. The molecule has 0 amide bonds. The summed E-state index contributed by atoms with van der Waals surface area (Å²) in [6.07, 6.45) is 8.32. The quantitative estimate of drug-likeness (QED) is 0.873. The Bertz CT molecular complexity index is 364. The number of rotatable bonds is 5. The largest absolute Gasteiger partial charge is 0.305 e. The molecule has 1 aromatic rings. The normalized spacial score (nSPS) is 19.3. The van der Waals surface area contributed by atoms with Gasteiger partial charge in [0.15, 0.2) is 0 Å². The Balaban J connectivity index is 1.91. The molecular formula is C14H26N4. The second-order valence-electron chi connectivity index (χ2n) is 6.23. The summed E-state index contributed by atoms with van der Waals surface area (Å²) in [4.78, 5) is 4.37. The van der Waals surface area contributed by atoms with Gasteiger partial charge in [0.1, 0.15) is 12.2 Å². The van der Waals surface area contributed by atoms with Crippen LogP contribution in [0.25, 0.3) is 0 Å². The Labute approximate surface area is 110 Å². The summed E-state index contributed by atoms with van der Waals surface area (Å²) in [5.41, 5.74) is 0.298. The van der Waals surface area contributed by atoms with Crippen molar-refractivity contribution in [1.29, 1.82) is 0 Å². The summed E-state index contributed by atoms with van der Waals surface area (Å²) >= 11 is 0. The third-order valence-electron chi connectivity index (χ3n) is 3.86. The van der Waals surface area contributed by atoms with E-state index in [1.165, 1.54) is 32.1 Å². The molecular weight excluding hydrogens is 224 g/mol. The number of hydrogen-bond donors (Lipinski definition) is 1. The van der Waals surface area contributed by atoms with Gasteiger partial charge in [-0.2, -0.15) is 5.10 Å². The van der Waals surface area contributed by atoms with E-state index in [0.717, 1.165) is 18.9 Å². The lowest BCUT2D eigenvalue weighted by Gasteiger charge is -2.34. The van der Waals surface area contributed by atoms with Crippen LogP contribution in [0.1, 0.15) is 58.7 Å². The fourth-order valence-corrected chi connectivity index (χ4v) is 2.72. The van der Waals surface area contributed by atoms with Gasteiger partial charge < -0.3 is 5.32 Å². The zero-order chi connectivity index (χ0) is 13.0. The molecule has 4 nitrogen and oxygen atoms in total. The molecule has 1 saturated carbocycles. The van der Waals surface area contributed by atoms with Crippen LogP contribution >= 0.6 is 0 Å². The first-order chi connectivity index (χ1) is 8.59. The van der Waals surface area contributed by atoms with Gasteiger partial charge in [0, 0.05) is 12.1 Å². The fourth-order valence-electron chi connectivity index (χ4n) is 2.72. The maximum atomic E-state index is 4.37. The molecule has 1 N–H and O–H groups in total. The van der Waals surface area contributed by atoms with Crippen LogP contribution in [-0.2, 0) is 13.1 Å². The maximum Gasteiger partial charge on any atom is 0.140 e. The van der Waals surface area contributed by atoms with Crippen molar-refractivity contribution in [2.24, 2.45) is 5.92 Å². The highest BCUT2D eigenvalue weighted by molar-refractivity contribution is 4.91. The van der Waals surface area contributed by atoms with Gasteiger partial charge in [-0.15, -0.1) is 0 Å². The van der Waals surface area contributed by atoms with Crippen LogP contribution in [0.3, 0.4) is 0 Å². The molecule has 1 aromatic heterocycles. The second kappa shape index (κ2) is 5.83. The molecule has 4 heteroatoms. The highest BCUT2D eigenvalue weighted by atomic mass is 15.3. The molecule has 0 aliphatic heterocycles. The smallest absolute Gasteiger partial charge is 0.140 e. The summed E-state index contributed by atoms with van der Waals surface area (Å²) in [6.45, 7) is 8.55. The van der Waals surface area contributed by atoms with E-state index in [9.17, 15) is 0 Å². The van der Waals surface area contributed by atoms with Crippen molar-refractivity contribution in [3.63, 3.8) is 0 Å². The van der Waals surface area contributed by atoms with Crippen LogP contribution in [0.15, 0.2) is 6.33 Å². The van der Waals surface area contributed by atoms with Gasteiger partial charge in [0.2, 0.25) is 0 Å².